The fourth-order valence-corrected chi connectivity index (χ4v) is 2.06. The Labute approximate surface area is 109 Å². The van der Waals surface area contributed by atoms with E-state index >= 15 is 0 Å². The van der Waals surface area contributed by atoms with Gasteiger partial charge in [0.15, 0.2) is 13.4 Å². The molecule has 100 valence electrons. The number of rotatable bonds is 4. The minimum Gasteiger partial charge on any atom is -0.465 e. The molecule has 0 aliphatic rings. The molecule has 0 unspecified atom stereocenters. The predicted octanol–water partition coefficient (Wildman–Crippen LogP) is 2.15. The third-order valence-corrected chi connectivity index (χ3v) is 7.66. The molecule has 0 bridgehead atoms. The Kier molecular flexibility index (Phi) is 6.07. The Morgan fingerprint density at radius 2 is 1.94 bits per heavy atom. The number of nitrogens with one attached hydrogen (secondary N) is 2. The van der Waals surface area contributed by atoms with Crippen molar-refractivity contribution in [1.82, 2.24) is 10.6 Å². The first kappa shape index (κ1) is 16.3. The summed E-state index contributed by atoms with van der Waals surface area (Å²) in [7, 11) is -1.73. The molecule has 0 rings (SSSR count). The third kappa shape index (κ3) is 6.60. The lowest BCUT2D eigenvalue weighted by Crippen LogP contribution is -2.44. The van der Waals surface area contributed by atoms with Crippen molar-refractivity contribution < 1.29 is 14.3 Å². The van der Waals surface area contributed by atoms with E-state index in [-0.39, 0.29) is 10.2 Å². The summed E-state index contributed by atoms with van der Waals surface area (Å²) >= 11 is 4.76. The van der Waals surface area contributed by atoms with Gasteiger partial charge in [-0.25, -0.2) is 4.79 Å². The number of hydrogen-bond donors (Lipinski definition) is 3. The van der Waals surface area contributed by atoms with Crippen molar-refractivity contribution in [2.24, 2.45) is 0 Å². The van der Waals surface area contributed by atoms with Crippen LogP contribution in [0.2, 0.25) is 18.1 Å². The van der Waals surface area contributed by atoms with Crippen molar-refractivity contribution in [3.05, 3.63) is 0 Å². The molecule has 0 atom stereocenters. The maximum absolute atomic E-state index is 10.3. The zero-order chi connectivity index (χ0) is 13.7. The second-order valence-electron chi connectivity index (χ2n) is 5.29. The maximum Gasteiger partial charge on any atom is 0.410 e. The van der Waals surface area contributed by atoms with E-state index in [1.165, 1.54) is 0 Å². The van der Waals surface area contributed by atoms with E-state index < -0.39 is 14.4 Å². The number of hydrogen-bond acceptors (Lipinski definition) is 3. The van der Waals surface area contributed by atoms with E-state index in [2.05, 4.69) is 44.5 Å². The Bertz CT molecular complexity index is 290. The molecule has 3 N–H and O–H groups in total. The smallest absolute Gasteiger partial charge is 0.410 e. The summed E-state index contributed by atoms with van der Waals surface area (Å²) in [6.45, 7) is 11.9. The standard InChI is InChI=1S/C10H22N2O3SSi/c1-10(2,3)17(4,5)15-7-6-11-8(16)12-9(13)14/h6-7H2,1-5H3,(H,13,14)(H2,11,12,16). The normalized spacial score (nSPS) is 12.1. The van der Waals surface area contributed by atoms with Gasteiger partial charge in [-0.3, -0.25) is 5.32 Å². The molecule has 0 saturated heterocycles. The van der Waals surface area contributed by atoms with Crippen LogP contribution in [0.3, 0.4) is 0 Å². The molecule has 5 nitrogen and oxygen atoms in total. The highest BCUT2D eigenvalue weighted by Crippen LogP contribution is 2.36. The first-order valence-corrected chi connectivity index (χ1v) is 8.79. The van der Waals surface area contributed by atoms with Gasteiger partial charge in [0.05, 0.1) is 6.61 Å². The van der Waals surface area contributed by atoms with Crippen molar-refractivity contribution in [2.75, 3.05) is 13.2 Å². The fourth-order valence-electron chi connectivity index (χ4n) is 0.829. The highest BCUT2D eigenvalue weighted by molar-refractivity contribution is 7.80. The van der Waals surface area contributed by atoms with E-state index in [9.17, 15) is 4.79 Å². The van der Waals surface area contributed by atoms with Gasteiger partial charge in [-0.2, -0.15) is 0 Å². The fraction of sp³-hybridized carbons (Fsp3) is 0.800. The number of carbonyl (C=O) groups is 1. The first-order chi connectivity index (χ1) is 7.56. The summed E-state index contributed by atoms with van der Waals surface area (Å²) in [5, 5.41) is 13.5. The molecule has 0 aromatic rings. The second kappa shape index (κ2) is 6.32. The van der Waals surface area contributed by atoms with Crippen molar-refractivity contribution in [3.8, 4) is 0 Å². The van der Waals surface area contributed by atoms with E-state index in [4.69, 9.17) is 21.8 Å². The van der Waals surface area contributed by atoms with Crippen LogP contribution in [0.25, 0.3) is 0 Å². The lowest BCUT2D eigenvalue weighted by molar-refractivity contribution is 0.200. The summed E-state index contributed by atoms with van der Waals surface area (Å²) in [5.74, 6) is 0. The molecule has 7 heteroatoms. The zero-order valence-corrected chi connectivity index (χ0v) is 12.9. The van der Waals surface area contributed by atoms with Gasteiger partial charge >= 0.3 is 6.09 Å². The highest BCUT2D eigenvalue weighted by Gasteiger charge is 2.36. The average molecular weight is 278 g/mol. The molecule has 0 aromatic heterocycles. The summed E-state index contributed by atoms with van der Waals surface area (Å²) < 4.78 is 5.89. The van der Waals surface area contributed by atoms with Crippen LogP contribution in [0, 0.1) is 0 Å². The quantitative estimate of drug-likeness (QED) is 0.417. The number of amides is 1. The molecule has 0 heterocycles. The topological polar surface area (TPSA) is 70.6 Å². The molecule has 0 fully saturated rings. The number of carboxylic acid groups (broad SMARTS) is 1. The van der Waals surface area contributed by atoms with E-state index in [1.54, 1.807) is 0 Å². The van der Waals surface area contributed by atoms with Crippen LogP contribution in [-0.4, -0.2) is 37.8 Å². The molecule has 17 heavy (non-hydrogen) atoms. The monoisotopic (exact) mass is 278 g/mol. The van der Waals surface area contributed by atoms with Crippen molar-refractivity contribution in [1.29, 1.82) is 0 Å². The lowest BCUT2D eigenvalue weighted by atomic mass is 10.2. The largest absolute Gasteiger partial charge is 0.465 e. The van der Waals surface area contributed by atoms with Crippen molar-refractivity contribution in [2.45, 2.75) is 38.9 Å². The van der Waals surface area contributed by atoms with Gasteiger partial charge in [-0.05, 0) is 30.4 Å². The Morgan fingerprint density at radius 3 is 2.35 bits per heavy atom. The van der Waals surface area contributed by atoms with Gasteiger partial charge in [0.2, 0.25) is 0 Å². The van der Waals surface area contributed by atoms with Crippen LogP contribution in [0.15, 0.2) is 0 Å². The van der Waals surface area contributed by atoms with Gasteiger partial charge in [0.25, 0.3) is 0 Å². The minimum absolute atomic E-state index is 0.108. The zero-order valence-electron chi connectivity index (χ0n) is 11.1. The van der Waals surface area contributed by atoms with Gasteiger partial charge in [0, 0.05) is 6.54 Å². The molecule has 0 saturated carbocycles. The average Bonchev–Trinajstić information content (AvgIpc) is 2.09. The van der Waals surface area contributed by atoms with E-state index in [0.29, 0.717) is 13.2 Å². The summed E-state index contributed by atoms with van der Waals surface area (Å²) in [6.07, 6.45) is -1.16. The molecule has 0 radical (unpaired) electrons. The third-order valence-electron chi connectivity index (χ3n) is 2.88. The minimum atomic E-state index is -1.73. The van der Waals surface area contributed by atoms with Crippen LogP contribution >= 0.6 is 12.2 Å². The van der Waals surface area contributed by atoms with Crippen molar-refractivity contribution >= 4 is 31.7 Å². The van der Waals surface area contributed by atoms with Crippen LogP contribution in [-0.2, 0) is 4.43 Å². The highest BCUT2D eigenvalue weighted by atomic mass is 32.1. The van der Waals surface area contributed by atoms with E-state index in [0.717, 1.165) is 0 Å². The molecule has 0 aromatic carbocycles. The summed E-state index contributed by atoms with van der Waals surface area (Å²) in [5.41, 5.74) is 0. The maximum atomic E-state index is 10.3. The predicted molar refractivity (Wildman–Crippen MR) is 74.9 cm³/mol. The van der Waals surface area contributed by atoms with Gasteiger partial charge in [-0.1, -0.05) is 20.8 Å². The summed E-state index contributed by atoms with van der Waals surface area (Å²) in [6, 6.07) is 0. The van der Waals surface area contributed by atoms with Gasteiger partial charge < -0.3 is 14.8 Å². The second-order valence-corrected chi connectivity index (χ2v) is 10.5. The molecule has 0 spiro atoms. The van der Waals surface area contributed by atoms with Crippen LogP contribution < -0.4 is 10.6 Å². The van der Waals surface area contributed by atoms with Gasteiger partial charge in [0.1, 0.15) is 0 Å². The Hall–Kier alpha value is -0.663. The lowest BCUT2D eigenvalue weighted by Gasteiger charge is -2.36. The van der Waals surface area contributed by atoms with Crippen molar-refractivity contribution in [3.63, 3.8) is 0 Å². The SMILES string of the molecule is CC(C)(C)[Si](C)(C)OCCNC(=S)NC(=O)O. The summed E-state index contributed by atoms with van der Waals surface area (Å²) in [4.78, 5) is 10.3. The van der Waals surface area contributed by atoms with Gasteiger partial charge in [-0.15, -0.1) is 0 Å². The molecular weight excluding hydrogens is 256 g/mol. The van der Waals surface area contributed by atoms with Crippen LogP contribution in [0.4, 0.5) is 4.79 Å². The molecule has 0 aliphatic carbocycles. The Balaban J connectivity index is 3.86. The molecular formula is C10H22N2O3SSi. The first-order valence-electron chi connectivity index (χ1n) is 5.48. The molecule has 0 aliphatic heterocycles. The van der Waals surface area contributed by atoms with Crippen LogP contribution in [0.1, 0.15) is 20.8 Å². The number of thiocarbonyl (C=S) groups is 1. The van der Waals surface area contributed by atoms with E-state index in [1.807, 2.05) is 0 Å². The Morgan fingerprint density at radius 1 is 1.41 bits per heavy atom. The van der Waals surface area contributed by atoms with Crippen LogP contribution in [0.5, 0.6) is 0 Å². The molecule has 1 amide bonds.